The summed E-state index contributed by atoms with van der Waals surface area (Å²) in [5, 5.41) is 0.581. The maximum Gasteiger partial charge on any atom is 0.315 e. The van der Waals surface area contributed by atoms with Gasteiger partial charge in [-0.15, -0.1) is 11.8 Å². The molecular formula is C11H20O3S. The maximum absolute atomic E-state index is 11.3. The molecule has 0 aromatic rings. The third-order valence-corrected chi connectivity index (χ3v) is 3.71. The van der Waals surface area contributed by atoms with Crippen LogP contribution in [-0.4, -0.2) is 36.8 Å². The van der Waals surface area contributed by atoms with E-state index in [0.717, 1.165) is 38.9 Å². The van der Waals surface area contributed by atoms with E-state index in [-0.39, 0.29) is 5.97 Å². The Balaban J connectivity index is 2.00. The zero-order valence-corrected chi connectivity index (χ0v) is 10.2. The summed E-state index contributed by atoms with van der Waals surface area (Å²) in [4.78, 5) is 11.3. The van der Waals surface area contributed by atoms with E-state index < -0.39 is 0 Å². The van der Waals surface area contributed by atoms with E-state index >= 15 is 0 Å². The molecule has 3 nitrogen and oxygen atoms in total. The first-order chi connectivity index (χ1) is 7.33. The average Bonchev–Trinajstić information content (AvgIpc) is 2.28. The predicted octanol–water partition coefficient (Wildman–Crippen LogP) is 2.24. The molecule has 88 valence electrons. The number of carbonyl (C=O) groups excluding carboxylic acids is 1. The SMILES string of the molecule is CCCCOC(=O)CSC1CCOCC1. The van der Waals surface area contributed by atoms with Gasteiger partial charge in [0.15, 0.2) is 0 Å². The van der Waals surface area contributed by atoms with Crippen molar-refractivity contribution in [1.29, 1.82) is 0 Å². The highest BCUT2D eigenvalue weighted by molar-refractivity contribution is 8.00. The minimum Gasteiger partial charge on any atom is -0.465 e. The highest BCUT2D eigenvalue weighted by Gasteiger charge is 2.15. The van der Waals surface area contributed by atoms with Gasteiger partial charge < -0.3 is 9.47 Å². The van der Waals surface area contributed by atoms with Crippen LogP contribution in [0.25, 0.3) is 0 Å². The number of ether oxygens (including phenoxy) is 2. The zero-order valence-electron chi connectivity index (χ0n) is 9.37. The van der Waals surface area contributed by atoms with Gasteiger partial charge in [-0.2, -0.15) is 0 Å². The summed E-state index contributed by atoms with van der Waals surface area (Å²) in [5.74, 6) is 0.425. The standard InChI is InChI=1S/C11H20O3S/c1-2-3-6-14-11(12)9-15-10-4-7-13-8-5-10/h10H,2-9H2,1H3. The Kier molecular flexibility index (Phi) is 6.85. The lowest BCUT2D eigenvalue weighted by Crippen LogP contribution is -2.19. The van der Waals surface area contributed by atoms with Crippen molar-refractivity contribution in [2.45, 2.75) is 37.9 Å². The second-order valence-corrected chi connectivity index (χ2v) is 4.99. The molecule has 1 heterocycles. The van der Waals surface area contributed by atoms with Crippen molar-refractivity contribution >= 4 is 17.7 Å². The van der Waals surface area contributed by atoms with Gasteiger partial charge in [0.2, 0.25) is 0 Å². The highest BCUT2D eigenvalue weighted by Crippen LogP contribution is 2.21. The van der Waals surface area contributed by atoms with Crippen molar-refractivity contribution < 1.29 is 14.3 Å². The summed E-state index contributed by atoms with van der Waals surface area (Å²) in [5.41, 5.74) is 0. The van der Waals surface area contributed by atoms with Crippen LogP contribution in [0.4, 0.5) is 0 Å². The molecule has 1 aliphatic heterocycles. The number of hydrogen-bond acceptors (Lipinski definition) is 4. The summed E-state index contributed by atoms with van der Waals surface area (Å²) in [7, 11) is 0. The van der Waals surface area contributed by atoms with E-state index in [1.807, 2.05) is 0 Å². The minimum absolute atomic E-state index is 0.0695. The van der Waals surface area contributed by atoms with Crippen LogP contribution >= 0.6 is 11.8 Å². The fraction of sp³-hybridized carbons (Fsp3) is 0.909. The molecule has 0 N–H and O–H groups in total. The van der Waals surface area contributed by atoms with Gasteiger partial charge in [-0.05, 0) is 19.3 Å². The fourth-order valence-corrected chi connectivity index (χ4v) is 2.38. The van der Waals surface area contributed by atoms with Gasteiger partial charge in [-0.25, -0.2) is 0 Å². The second-order valence-electron chi connectivity index (χ2n) is 3.70. The monoisotopic (exact) mass is 232 g/mol. The average molecular weight is 232 g/mol. The first-order valence-electron chi connectivity index (χ1n) is 5.68. The van der Waals surface area contributed by atoms with E-state index in [9.17, 15) is 4.79 Å². The molecule has 0 aromatic heterocycles. The van der Waals surface area contributed by atoms with Gasteiger partial charge >= 0.3 is 5.97 Å². The van der Waals surface area contributed by atoms with Crippen molar-refractivity contribution in [3.8, 4) is 0 Å². The van der Waals surface area contributed by atoms with Gasteiger partial charge in [-0.1, -0.05) is 13.3 Å². The molecule has 0 aliphatic carbocycles. The number of thioether (sulfide) groups is 1. The zero-order chi connectivity index (χ0) is 10.9. The number of rotatable bonds is 6. The Morgan fingerprint density at radius 1 is 1.47 bits per heavy atom. The molecule has 0 unspecified atom stereocenters. The molecule has 0 aromatic carbocycles. The van der Waals surface area contributed by atoms with Gasteiger partial charge in [0.05, 0.1) is 12.4 Å². The second kappa shape index (κ2) is 7.99. The Labute approximate surface area is 95.9 Å². The van der Waals surface area contributed by atoms with Crippen LogP contribution in [0.1, 0.15) is 32.6 Å². The van der Waals surface area contributed by atoms with Crippen LogP contribution < -0.4 is 0 Å². The predicted molar refractivity (Wildman–Crippen MR) is 62.2 cm³/mol. The Morgan fingerprint density at radius 3 is 2.87 bits per heavy atom. The minimum atomic E-state index is -0.0695. The molecule has 1 aliphatic rings. The van der Waals surface area contributed by atoms with Gasteiger partial charge in [0.25, 0.3) is 0 Å². The highest BCUT2D eigenvalue weighted by atomic mass is 32.2. The van der Waals surface area contributed by atoms with E-state index in [2.05, 4.69) is 6.92 Å². The van der Waals surface area contributed by atoms with Crippen molar-refractivity contribution in [2.75, 3.05) is 25.6 Å². The van der Waals surface area contributed by atoms with Crippen LogP contribution in [0.2, 0.25) is 0 Å². The van der Waals surface area contributed by atoms with E-state index in [4.69, 9.17) is 9.47 Å². The van der Waals surface area contributed by atoms with E-state index in [1.54, 1.807) is 11.8 Å². The molecule has 15 heavy (non-hydrogen) atoms. The molecule has 0 spiro atoms. The summed E-state index contributed by atoms with van der Waals surface area (Å²) in [6, 6.07) is 0. The molecular weight excluding hydrogens is 212 g/mol. The number of hydrogen-bond donors (Lipinski definition) is 0. The normalized spacial score (nSPS) is 17.7. The molecule has 0 atom stereocenters. The summed E-state index contributed by atoms with van der Waals surface area (Å²) in [6.45, 7) is 4.33. The Bertz CT molecular complexity index is 179. The van der Waals surface area contributed by atoms with E-state index in [0.29, 0.717) is 17.6 Å². The molecule has 0 amide bonds. The molecule has 0 saturated carbocycles. The smallest absolute Gasteiger partial charge is 0.315 e. The van der Waals surface area contributed by atoms with Crippen molar-refractivity contribution in [1.82, 2.24) is 0 Å². The van der Waals surface area contributed by atoms with Crippen LogP contribution in [-0.2, 0) is 14.3 Å². The van der Waals surface area contributed by atoms with Crippen molar-refractivity contribution in [3.63, 3.8) is 0 Å². The van der Waals surface area contributed by atoms with Gasteiger partial charge in [0.1, 0.15) is 0 Å². The summed E-state index contributed by atoms with van der Waals surface area (Å²) < 4.78 is 10.3. The third-order valence-electron chi connectivity index (χ3n) is 2.37. The Hall–Kier alpha value is -0.220. The summed E-state index contributed by atoms with van der Waals surface area (Å²) in [6.07, 6.45) is 4.16. The number of carbonyl (C=O) groups is 1. The quantitative estimate of drug-likeness (QED) is 0.520. The van der Waals surface area contributed by atoms with Crippen molar-refractivity contribution in [3.05, 3.63) is 0 Å². The van der Waals surface area contributed by atoms with Crippen LogP contribution in [0.3, 0.4) is 0 Å². The fourth-order valence-electron chi connectivity index (χ4n) is 1.40. The first-order valence-corrected chi connectivity index (χ1v) is 6.72. The lowest BCUT2D eigenvalue weighted by molar-refractivity contribution is -0.140. The molecule has 0 bridgehead atoms. The first kappa shape index (κ1) is 12.8. The topological polar surface area (TPSA) is 35.5 Å². The van der Waals surface area contributed by atoms with Crippen LogP contribution in [0.5, 0.6) is 0 Å². The molecule has 1 fully saturated rings. The lowest BCUT2D eigenvalue weighted by atomic mass is 10.2. The summed E-state index contributed by atoms with van der Waals surface area (Å²) >= 11 is 1.71. The molecule has 1 saturated heterocycles. The number of esters is 1. The van der Waals surface area contributed by atoms with E-state index in [1.165, 1.54) is 0 Å². The Morgan fingerprint density at radius 2 is 2.20 bits per heavy atom. The number of unbranched alkanes of at least 4 members (excludes halogenated alkanes) is 1. The van der Waals surface area contributed by atoms with Crippen LogP contribution in [0, 0.1) is 0 Å². The lowest BCUT2D eigenvalue weighted by Gasteiger charge is -2.20. The van der Waals surface area contributed by atoms with Gasteiger partial charge in [-0.3, -0.25) is 4.79 Å². The maximum atomic E-state index is 11.3. The third kappa shape index (κ3) is 6.05. The molecule has 4 heteroatoms. The molecule has 1 rings (SSSR count). The molecule has 0 radical (unpaired) electrons. The van der Waals surface area contributed by atoms with Crippen LogP contribution in [0.15, 0.2) is 0 Å². The van der Waals surface area contributed by atoms with Crippen molar-refractivity contribution in [2.24, 2.45) is 0 Å². The largest absolute Gasteiger partial charge is 0.465 e. The van der Waals surface area contributed by atoms with Gasteiger partial charge in [0, 0.05) is 18.5 Å².